The van der Waals surface area contributed by atoms with Gasteiger partial charge in [-0.05, 0) is 51.0 Å². The molecule has 0 aliphatic heterocycles. The third kappa shape index (κ3) is 4.58. The van der Waals surface area contributed by atoms with Gasteiger partial charge in [0.05, 0.1) is 27.7 Å². The van der Waals surface area contributed by atoms with Crippen molar-refractivity contribution in [3.05, 3.63) is 83.7 Å². The summed E-state index contributed by atoms with van der Waals surface area (Å²) in [4.78, 5) is 13.2. The lowest BCUT2D eigenvalue weighted by atomic mass is 10.2. The van der Waals surface area contributed by atoms with E-state index < -0.39 is 21.9 Å². The van der Waals surface area contributed by atoms with Crippen molar-refractivity contribution >= 4 is 38.6 Å². The van der Waals surface area contributed by atoms with Gasteiger partial charge in [0, 0.05) is 36.1 Å². The highest BCUT2D eigenvalue weighted by Gasteiger charge is 2.26. The first kappa shape index (κ1) is 24.0. The highest BCUT2D eigenvalue weighted by Crippen LogP contribution is 2.39. The normalized spacial score (nSPS) is 14.5. The Labute approximate surface area is 218 Å². The number of H-pyrrole nitrogens is 1. The Bertz CT molecular complexity index is 1740. The average molecular weight is 533 g/mol. The molecule has 0 saturated heterocycles. The number of hydrogen-bond acceptors (Lipinski definition) is 8. The number of nitrogens with zero attached hydrogens (tertiary/aromatic N) is 5. The molecule has 4 aromatic heterocycles. The Morgan fingerprint density at radius 1 is 1.08 bits per heavy atom. The van der Waals surface area contributed by atoms with Crippen molar-refractivity contribution in [2.75, 3.05) is 10.6 Å². The number of rotatable bonds is 8. The molecule has 12 heteroatoms. The molecule has 194 valence electrons. The summed E-state index contributed by atoms with van der Waals surface area (Å²) in [7, 11) is -3.91. The molecular formula is C26H25FN8O2S. The van der Waals surface area contributed by atoms with Crippen LogP contribution in [-0.2, 0) is 10.0 Å². The zero-order valence-corrected chi connectivity index (χ0v) is 21.5. The van der Waals surface area contributed by atoms with Crippen LogP contribution in [0, 0.1) is 12.7 Å². The van der Waals surface area contributed by atoms with Crippen molar-refractivity contribution in [3.63, 3.8) is 0 Å². The molecule has 3 N–H and O–H groups in total. The molecule has 0 amide bonds. The lowest BCUT2D eigenvalue weighted by Gasteiger charge is -2.15. The summed E-state index contributed by atoms with van der Waals surface area (Å²) in [5, 5.41) is 13.5. The lowest BCUT2D eigenvalue weighted by Crippen LogP contribution is -2.14. The zero-order valence-electron chi connectivity index (χ0n) is 20.7. The number of hydrogen-bond donors (Lipinski definition) is 3. The number of nitrogens with one attached hydrogen (secondary N) is 3. The van der Waals surface area contributed by atoms with Crippen LogP contribution in [0.25, 0.3) is 11.0 Å². The number of fused-ring (bicyclic) bond motifs is 1. The van der Waals surface area contributed by atoms with Gasteiger partial charge in [-0.2, -0.15) is 10.1 Å². The molecule has 4 heterocycles. The molecule has 6 rings (SSSR count). The molecule has 1 fully saturated rings. The predicted octanol–water partition coefficient (Wildman–Crippen LogP) is 5.03. The summed E-state index contributed by atoms with van der Waals surface area (Å²) in [5.41, 5.74) is 2.67. The monoisotopic (exact) mass is 532 g/mol. The largest absolute Gasteiger partial charge is 0.346 e. The van der Waals surface area contributed by atoms with E-state index in [1.807, 2.05) is 13.0 Å². The molecule has 38 heavy (non-hydrogen) atoms. The van der Waals surface area contributed by atoms with Gasteiger partial charge in [0.2, 0.25) is 5.95 Å². The highest BCUT2D eigenvalue weighted by molar-refractivity contribution is 7.90. The van der Waals surface area contributed by atoms with E-state index in [0.29, 0.717) is 23.1 Å². The number of halogens is 1. The zero-order chi connectivity index (χ0) is 26.4. The van der Waals surface area contributed by atoms with Gasteiger partial charge < -0.3 is 10.6 Å². The van der Waals surface area contributed by atoms with Crippen molar-refractivity contribution < 1.29 is 12.8 Å². The number of pyridine rings is 1. The van der Waals surface area contributed by atoms with E-state index >= 15 is 4.39 Å². The maximum absolute atomic E-state index is 15.2. The minimum atomic E-state index is -3.91. The van der Waals surface area contributed by atoms with Crippen LogP contribution in [-0.4, -0.2) is 37.5 Å². The van der Waals surface area contributed by atoms with Crippen LogP contribution < -0.4 is 10.6 Å². The van der Waals surface area contributed by atoms with Crippen molar-refractivity contribution in [2.24, 2.45) is 0 Å². The van der Waals surface area contributed by atoms with E-state index in [2.05, 4.69) is 35.8 Å². The maximum atomic E-state index is 15.2. The molecule has 0 radical (unpaired) electrons. The topological polar surface area (TPSA) is 130 Å². The minimum Gasteiger partial charge on any atom is -0.346 e. The molecule has 1 aromatic carbocycles. The van der Waals surface area contributed by atoms with Crippen LogP contribution in [0.3, 0.4) is 0 Å². The first-order valence-corrected chi connectivity index (χ1v) is 13.6. The van der Waals surface area contributed by atoms with Crippen molar-refractivity contribution in [2.45, 2.75) is 43.5 Å². The van der Waals surface area contributed by atoms with E-state index in [0.717, 1.165) is 15.2 Å². The second-order valence-electron chi connectivity index (χ2n) is 9.43. The molecule has 0 bridgehead atoms. The van der Waals surface area contributed by atoms with E-state index in [1.165, 1.54) is 37.2 Å². The molecular weight excluding hydrogens is 507 g/mol. The lowest BCUT2D eigenvalue weighted by molar-refractivity contribution is 0.586. The predicted molar refractivity (Wildman–Crippen MR) is 141 cm³/mol. The minimum absolute atomic E-state index is 0.115. The second-order valence-corrected chi connectivity index (χ2v) is 11.2. The van der Waals surface area contributed by atoms with Gasteiger partial charge in [0.15, 0.2) is 5.82 Å². The average Bonchev–Trinajstić information content (AvgIpc) is 3.49. The number of aromatic nitrogens is 6. The Kier molecular flexibility index (Phi) is 5.83. The quantitative estimate of drug-likeness (QED) is 0.254. The standard InChI is InChI=1S/C26H25FN8O2S/c1-15-3-7-18(8-4-15)38(36,37)35-12-10-20-22(35)13-19(27)25(30-20)16(2)29-26-28-11-9-23(32-26)31-24-14-21(33-34-24)17-5-6-17/h3-4,7-14,16-17H,5-6H2,1-2H3,(H3,28,29,31,32,33,34). The fourth-order valence-corrected chi connectivity index (χ4v) is 5.59. The summed E-state index contributed by atoms with van der Waals surface area (Å²) in [6, 6.07) is 12.3. The maximum Gasteiger partial charge on any atom is 0.268 e. The smallest absolute Gasteiger partial charge is 0.268 e. The van der Waals surface area contributed by atoms with Crippen LogP contribution in [0.1, 0.15) is 48.7 Å². The number of anilines is 3. The van der Waals surface area contributed by atoms with Crippen LogP contribution in [0.2, 0.25) is 0 Å². The molecule has 0 spiro atoms. The molecule has 1 unspecified atom stereocenters. The van der Waals surface area contributed by atoms with Crippen LogP contribution in [0.15, 0.2) is 65.8 Å². The molecule has 5 aromatic rings. The Hall–Kier alpha value is -4.32. The van der Waals surface area contributed by atoms with E-state index in [9.17, 15) is 8.42 Å². The van der Waals surface area contributed by atoms with Gasteiger partial charge in [-0.1, -0.05) is 17.7 Å². The molecule has 1 atom stereocenters. The Morgan fingerprint density at radius 3 is 2.63 bits per heavy atom. The number of aromatic amines is 1. The summed E-state index contributed by atoms with van der Waals surface area (Å²) < 4.78 is 42.6. The molecule has 1 aliphatic carbocycles. The van der Waals surface area contributed by atoms with Crippen molar-refractivity contribution in [1.29, 1.82) is 0 Å². The first-order valence-electron chi connectivity index (χ1n) is 12.2. The first-order chi connectivity index (χ1) is 18.3. The van der Waals surface area contributed by atoms with E-state index in [1.54, 1.807) is 37.4 Å². The fourth-order valence-electron chi connectivity index (χ4n) is 4.26. The SMILES string of the molecule is Cc1ccc(S(=O)(=O)n2ccc3nc(C(C)Nc4nccc(Nc5cc(C6CC6)[nH]n5)n4)c(F)cc32)cc1. The fraction of sp³-hybridized carbons (Fsp3) is 0.231. The summed E-state index contributed by atoms with van der Waals surface area (Å²) in [5.74, 6) is 1.38. The molecule has 1 aliphatic rings. The van der Waals surface area contributed by atoms with Crippen LogP contribution in [0.5, 0.6) is 0 Å². The number of benzene rings is 1. The van der Waals surface area contributed by atoms with Crippen molar-refractivity contribution in [1.82, 2.24) is 29.1 Å². The van der Waals surface area contributed by atoms with Gasteiger partial charge in [0.1, 0.15) is 11.6 Å². The molecule has 1 saturated carbocycles. The van der Waals surface area contributed by atoms with Gasteiger partial charge in [0.25, 0.3) is 10.0 Å². The van der Waals surface area contributed by atoms with Crippen molar-refractivity contribution in [3.8, 4) is 0 Å². The molecule has 10 nitrogen and oxygen atoms in total. The second kappa shape index (κ2) is 9.21. The van der Waals surface area contributed by atoms with Crippen LogP contribution >= 0.6 is 0 Å². The van der Waals surface area contributed by atoms with Gasteiger partial charge in [-0.15, -0.1) is 0 Å². The third-order valence-electron chi connectivity index (χ3n) is 6.48. The van der Waals surface area contributed by atoms with E-state index in [4.69, 9.17) is 0 Å². The van der Waals surface area contributed by atoms with E-state index in [-0.39, 0.29) is 22.1 Å². The third-order valence-corrected chi connectivity index (χ3v) is 8.18. The van der Waals surface area contributed by atoms with Gasteiger partial charge >= 0.3 is 0 Å². The van der Waals surface area contributed by atoms with Gasteiger partial charge in [-0.3, -0.25) is 5.10 Å². The summed E-state index contributed by atoms with van der Waals surface area (Å²) in [6.07, 6.45) is 5.31. The van der Waals surface area contributed by atoms with Crippen LogP contribution in [0.4, 0.5) is 22.0 Å². The summed E-state index contributed by atoms with van der Waals surface area (Å²) in [6.45, 7) is 3.61. The number of aryl methyl sites for hydroxylation is 1. The summed E-state index contributed by atoms with van der Waals surface area (Å²) >= 11 is 0. The van der Waals surface area contributed by atoms with Gasteiger partial charge in [-0.25, -0.2) is 26.7 Å². The highest BCUT2D eigenvalue weighted by atomic mass is 32.2. The Morgan fingerprint density at radius 2 is 1.87 bits per heavy atom. The Balaban J connectivity index is 1.23.